The first kappa shape index (κ1) is 23.5. The molecule has 3 heterocycles. The Bertz CT molecular complexity index is 840. The molecule has 2 aromatic rings. The molecule has 0 saturated heterocycles. The van der Waals surface area contributed by atoms with Gasteiger partial charge in [0.25, 0.3) is 0 Å². The molecule has 3 rings (SSSR count). The summed E-state index contributed by atoms with van der Waals surface area (Å²) in [6.07, 6.45) is 7.57. The molecular formula is C24H36N6. The summed E-state index contributed by atoms with van der Waals surface area (Å²) in [6.45, 7) is 12.0. The van der Waals surface area contributed by atoms with E-state index in [1.54, 1.807) is 6.20 Å². The van der Waals surface area contributed by atoms with Crippen LogP contribution >= 0.6 is 0 Å². The summed E-state index contributed by atoms with van der Waals surface area (Å²) in [4.78, 5) is 15.7. The fraction of sp³-hybridized carbons (Fsp3) is 0.458. The molecule has 0 aliphatic carbocycles. The standard InChI is InChI=1S/C20H25N5.C4H11N/c1-14-6-7-19(23-11-14)25-10-8-15(2)18(13-25)20(21)24-16(3)17-5-4-9-22-12-17;1-3-4(2)5/h4-7,9,11-12,16H,8,10,13H2,1-3H3,(H2,21,24);4H,3,5H2,1-2H3. The largest absolute Gasteiger partial charge is 0.384 e. The van der Waals surface area contributed by atoms with Crippen LogP contribution in [0.25, 0.3) is 0 Å². The normalized spacial score (nSPS) is 16.6. The summed E-state index contributed by atoms with van der Waals surface area (Å²) in [7, 11) is 0. The quantitative estimate of drug-likeness (QED) is 0.572. The van der Waals surface area contributed by atoms with Crippen molar-refractivity contribution >= 4 is 11.7 Å². The summed E-state index contributed by atoms with van der Waals surface area (Å²) < 4.78 is 0. The molecule has 0 fully saturated rings. The number of nitrogens with two attached hydrogens (primary N) is 2. The smallest absolute Gasteiger partial charge is 0.128 e. The summed E-state index contributed by atoms with van der Waals surface area (Å²) in [5, 5.41) is 0. The molecule has 162 valence electrons. The predicted octanol–water partition coefficient (Wildman–Crippen LogP) is 4.17. The maximum absolute atomic E-state index is 6.37. The van der Waals surface area contributed by atoms with E-state index in [9.17, 15) is 0 Å². The van der Waals surface area contributed by atoms with E-state index < -0.39 is 0 Å². The highest BCUT2D eigenvalue weighted by molar-refractivity contribution is 5.99. The van der Waals surface area contributed by atoms with Crippen molar-refractivity contribution in [1.29, 1.82) is 0 Å². The van der Waals surface area contributed by atoms with E-state index in [4.69, 9.17) is 16.5 Å². The molecule has 0 bridgehead atoms. The lowest BCUT2D eigenvalue weighted by Gasteiger charge is -2.31. The van der Waals surface area contributed by atoms with Crippen LogP contribution in [0.15, 0.2) is 59.0 Å². The Morgan fingerprint density at radius 1 is 1.20 bits per heavy atom. The van der Waals surface area contributed by atoms with Crippen molar-refractivity contribution in [3.8, 4) is 0 Å². The van der Waals surface area contributed by atoms with E-state index in [0.717, 1.165) is 42.9 Å². The first-order chi connectivity index (χ1) is 14.3. The van der Waals surface area contributed by atoms with Crippen LogP contribution in [0.2, 0.25) is 0 Å². The molecule has 0 saturated carbocycles. The Morgan fingerprint density at radius 3 is 2.50 bits per heavy atom. The lowest BCUT2D eigenvalue weighted by Crippen LogP contribution is -2.36. The van der Waals surface area contributed by atoms with Crippen molar-refractivity contribution < 1.29 is 0 Å². The van der Waals surface area contributed by atoms with E-state index in [-0.39, 0.29) is 6.04 Å². The molecule has 2 atom stereocenters. The van der Waals surface area contributed by atoms with Gasteiger partial charge >= 0.3 is 0 Å². The predicted molar refractivity (Wildman–Crippen MR) is 127 cm³/mol. The second kappa shape index (κ2) is 11.5. The van der Waals surface area contributed by atoms with Crippen LogP contribution in [0.4, 0.5) is 5.82 Å². The van der Waals surface area contributed by atoms with Crippen molar-refractivity contribution in [2.45, 2.75) is 59.5 Å². The molecule has 1 aliphatic rings. The highest BCUT2D eigenvalue weighted by Gasteiger charge is 2.20. The van der Waals surface area contributed by atoms with E-state index in [1.165, 1.54) is 11.1 Å². The first-order valence-corrected chi connectivity index (χ1v) is 10.7. The number of aliphatic imine (C=N–C) groups is 1. The van der Waals surface area contributed by atoms with Gasteiger partial charge in [0.05, 0.1) is 6.04 Å². The minimum absolute atomic E-state index is 0.0122. The van der Waals surface area contributed by atoms with Gasteiger partial charge in [0.1, 0.15) is 11.7 Å². The SMILES string of the molecule is CC1=C(C(N)=NC(C)c2cccnc2)CN(c2ccc(C)cn2)CC1.CCC(C)N. The van der Waals surface area contributed by atoms with Gasteiger partial charge in [0, 0.05) is 43.3 Å². The molecule has 0 amide bonds. The molecule has 6 heteroatoms. The third kappa shape index (κ3) is 6.95. The number of rotatable bonds is 5. The van der Waals surface area contributed by atoms with Crippen molar-refractivity contribution in [1.82, 2.24) is 9.97 Å². The van der Waals surface area contributed by atoms with Crippen molar-refractivity contribution in [3.63, 3.8) is 0 Å². The number of nitrogens with zero attached hydrogens (tertiary/aromatic N) is 4. The third-order valence-electron chi connectivity index (χ3n) is 5.29. The Morgan fingerprint density at radius 2 is 1.93 bits per heavy atom. The zero-order chi connectivity index (χ0) is 22.1. The first-order valence-electron chi connectivity index (χ1n) is 10.7. The molecule has 6 nitrogen and oxygen atoms in total. The minimum Gasteiger partial charge on any atom is -0.384 e. The monoisotopic (exact) mass is 408 g/mol. The zero-order valence-corrected chi connectivity index (χ0v) is 19.0. The van der Waals surface area contributed by atoms with Crippen molar-refractivity contribution in [3.05, 3.63) is 65.1 Å². The van der Waals surface area contributed by atoms with Crippen LogP contribution in [0, 0.1) is 6.92 Å². The van der Waals surface area contributed by atoms with Gasteiger partial charge in [-0.3, -0.25) is 9.98 Å². The number of hydrogen-bond acceptors (Lipinski definition) is 5. The number of aromatic nitrogens is 2. The fourth-order valence-corrected chi connectivity index (χ4v) is 2.98. The number of hydrogen-bond donors (Lipinski definition) is 2. The molecule has 0 spiro atoms. The van der Waals surface area contributed by atoms with Crippen LogP contribution in [0.1, 0.15) is 57.7 Å². The minimum atomic E-state index is -0.0122. The summed E-state index contributed by atoms with van der Waals surface area (Å²) in [5.74, 6) is 1.61. The van der Waals surface area contributed by atoms with Gasteiger partial charge in [-0.15, -0.1) is 0 Å². The average molecular weight is 409 g/mol. The molecule has 4 N–H and O–H groups in total. The van der Waals surface area contributed by atoms with E-state index in [2.05, 4.69) is 40.8 Å². The van der Waals surface area contributed by atoms with Crippen molar-refractivity contribution in [2.75, 3.05) is 18.0 Å². The van der Waals surface area contributed by atoms with Crippen LogP contribution < -0.4 is 16.4 Å². The zero-order valence-electron chi connectivity index (χ0n) is 19.0. The van der Waals surface area contributed by atoms with Crippen LogP contribution in [0.3, 0.4) is 0 Å². The van der Waals surface area contributed by atoms with Gasteiger partial charge in [-0.05, 0) is 63.8 Å². The topological polar surface area (TPSA) is 93.4 Å². The maximum atomic E-state index is 6.37. The summed E-state index contributed by atoms with van der Waals surface area (Å²) in [5.41, 5.74) is 16.3. The van der Waals surface area contributed by atoms with Gasteiger partial charge in [-0.2, -0.15) is 0 Å². The van der Waals surface area contributed by atoms with Crippen LogP contribution in [-0.2, 0) is 0 Å². The Hall–Kier alpha value is -2.73. The number of aryl methyl sites for hydroxylation is 1. The maximum Gasteiger partial charge on any atom is 0.128 e. The number of pyridine rings is 2. The van der Waals surface area contributed by atoms with E-state index >= 15 is 0 Å². The third-order valence-corrected chi connectivity index (χ3v) is 5.29. The summed E-state index contributed by atoms with van der Waals surface area (Å²) >= 11 is 0. The average Bonchev–Trinajstić information content (AvgIpc) is 2.75. The molecule has 1 aliphatic heterocycles. The van der Waals surface area contributed by atoms with Gasteiger partial charge in [0.2, 0.25) is 0 Å². The van der Waals surface area contributed by atoms with Crippen LogP contribution in [-0.4, -0.2) is 34.9 Å². The highest BCUT2D eigenvalue weighted by Crippen LogP contribution is 2.24. The van der Waals surface area contributed by atoms with Crippen LogP contribution in [0.5, 0.6) is 0 Å². The molecule has 2 aromatic heterocycles. The van der Waals surface area contributed by atoms with Crippen molar-refractivity contribution in [2.24, 2.45) is 16.5 Å². The summed E-state index contributed by atoms with van der Waals surface area (Å²) in [6, 6.07) is 8.48. The van der Waals surface area contributed by atoms with Gasteiger partial charge in [-0.1, -0.05) is 24.6 Å². The molecule has 2 unspecified atom stereocenters. The lowest BCUT2D eigenvalue weighted by atomic mass is 10.00. The van der Waals surface area contributed by atoms with Gasteiger partial charge < -0.3 is 16.4 Å². The van der Waals surface area contributed by atoms with E-state index in [0.29, 0.717) is 11.9 Å². The van der Waals surface area contributed by atoms with Gasteiger partial charge in [0.15, 0.2) is 0 Å². The number of amidine groups is 1. The fourth-order valence-electron chi connectivity index (χ4n) is 2.98. The molecule has 0 aromatic carbocycles. The highest BCUT2D eigenvalue weighted by atomic mass is 15.2. The van der Waals surface area contributed by atoms with E-state index in [1.807, 2.05) is 45.3 Å². The lowest BCUT2D eigenvalue weighted by molar-refractivity contribution is 0.715. The molecule has 0 radical (unpaired) electrons. The Kier molecular flexibility index (Phi) is 8.99. The second-order valence-corrected chi connectivity index (χ2v) is 7.99. The van der Waals surface area contributed by atoms with Gasteiger partial charge in [-0.25, -0.2) is 4.98 Å². The number of anilines is 1. The molecular weight excluding hydrogens is 372 g/mol. The second-order valence-electron chi connectivity index (χ2n) is 7.99. The Labute approximate surface area is 181 Å². The molecule has 30 heavy (non-hydrogen) atoms. The Balaban J connectivity index is 0.000000575.